The SMILES string of the molecule is CCc1cnc(CCNC(=NC)NCc2ccccn2)s1. The number of pyridine rings is 1. The molecule has 0 aromatic carbocycles. The normalized spacial score (nSPS) is 11.4. The largest absolute Gasteiger partial charge is 0.356 e. The molecule has 0 aliphatic rings. The molecule has 0 saturated heterocycles. The smallest absolute Gasteiger partial charge is 0.191 e. The molecule has 2 aromatic rings. The number of guanidine groups is 1. The van der Waals surface area contributed by atoms with E-state index in [0.717, 1.165) is 31.0 Å². The maximum Gasteiger partial charge on any atom is 0.191 e. The van der Waals surface area contributed by atoms with Gasteiger partial charge in [-0.05, 0) is 18.6 Å². The van der Waals surface area contributed by atoms with Crippen LogP contribution in [0.2, 0.25) is 0 Å². The number of aryl methyl sites for hydroxylation is 1. The maximum absolute atomic E-state index is 4.41. The summed E-state index contributed by atoms with van der Waals surface area (Å²) in [6.07, 6.45) is 5.72. The number of nitrogens with zero attached hydrogens (tertiary/aromatic N) is 3. The topological polar surface area (TPSA) is 62.2 Å². The Hall–Kier alpha value is -1.95. The third-order valence-corrected chi connectivity index (χ3v) is 4.17. The molecule has 0 bridgehead atoms. The molecule has 0 fully saturated rings. The number of rotatable bonds is 6. The van der Waals surface area contributed by atoms with Crippen LogP contribution in [0.5, 0.6) is 0 Å². The van der Waals surface area contributed by atoms with E-state index in [2.05, 4.69) is 32.5 Å². The predicted molar refractivity (Wildman–Crippen MR) is 87.6 cm³/mol. The van der Waals surface area contributed by atoms with Crippen molar-refractivity contribution in [2.75, 3.05) is 13.6 Å². The second-order valence-corrected chi connectivity index (χ2v) is 5.70. The average molecular weight is 303 g/mol. The van der Waals surface area contributed by atoms with Crippen LogP contribution in [0.3, 0.4) is 0 Å². The average Bonchev–Trinajstić information content (AvgIpc) is 2.99. The molecule has 0 unspecified atom stereocenters. The van der Waals surface area contributed by atoms with Gasteiger partial charge < -0.3 is 10.6 Å². The van der Waals surface area contributed by atoms with Crippen molar-refractivity contribution in [2.24, 2.45) is 4.99 Å². The molecule has 0 saturated carbocycles. The van der Waals surface area contributed by atoms with Crippen molar-refractivity contribution in [1.29, 1.82) is 0 Å². The first-order valence-corrected chi connectivity index (χ1v) is 7.91. The van der Waals surface area contributed by atoms with Crippen LogP contribution in [-0.2, 0) is 19.4 Å². The molecule has 0 radical (unpaired) electrons. The van der Waals surface area contributed by atoms with Gasteiger partial charge in [0.05, 0.1) is 17.2 Å². The molecular weight excluding hydrogens is 282 g/mol. The first-order valence-electron chi connectivity index (χ1n) is 7.09. The monoisotopic (exact) mass is 303 g/mol. The van der Waals surface area contributed by atoms with Gasteiger partial charge in [-0.1, -0.05) is 13.0 Å². The first-order chi connectivity index (χ1) is 10.3. The van der Waals surface area contributed by atoms with Crippen LogP contribution >= 0.6 is 11.3 Å². The minimum atomic E-state index is 0.664. The van der Waals surface area contributed by atoms with Gasteiger partial charge in [-0.25, -0.2) is 4.98 Å². The summed E-state index contributed by atoms with van der Waals surface area (Å²) in [6.45, 7) is 3.63. The molecule has 0 atom stereocenters. The van der Waals surface area contributed by atoms with E-state index in [0.29, 0.717) is 6.54 Å². The molecule has 0 aliphatic carbocycles. The number of thiazole rings is 1. The van der Waals surface area contributed by atoms with Crippen molar-refractivity contribution in [3.63, 3.8) is 0 Å². The third kappa shape index (κ3) is 5.15. The van der Waals surface area contributed by atoms with E-state index in [4.69, 9.17) is 0 Å². The summed E-state index contributed by atoms with van der Waals surface area (Å²) in [6, 6.07) is 5.88. The van der Waals surface area contributed by atoms with Crippen molar-refractivity contribution in [3.05, 3.63) is 46.2 Å². The van der Waals surface area contributed by atoms with E-state index < -0.39 is 0 Å². The molecule has 112 valence electrons. The Balaban J connectivity index is 1.72. The maximum atomic E-state index is 4.41. The van der Waals surface area contributed by atoms with Gasteiger partial charge in [0.2, 0.25) is 0 Å². The Morgan fingerprint density at radius 1 is 1.29 bits per heavy atom. The number of hydrogen-bond acceptors (Lipinski definition) is 4. The minimum absolute atomic E-state index is 0.664. The fourth-order valence-electron chi connectivity index (χ4n) is 1.81. The number of aromatic nitrogens is 2. The molecule has 21 heavy (non-hydrogen) atoms. The summed E-state index contributed by atoms with van der Waals surface area (Å²) in [5.74, 6) is 0.785. The second kappa shape index (κ2) is 8.36. The summed E-state index contributed by atoms with van der Waals surface area (Å²) in [5, 5.41) is 7.71. The van der Waals surface area contributed by atoms with Gasteiger partial charge in [-0.15, -0.1) is 11.3 Å². The lowest BCUT2D eigenvalue weighted by atomic mass is 10.3. The van der Waals surface area contributed by atoms with Crippen LogP contribution in [0.4, 0.5) is 0 Å². The van der Waals surface area contributed by atoms with E-state index in [-0.39, 0.29) is 0 Å². The van der Waals surface area contributed by atoms with Gasteiger partial charge in [-0.2, -0.15) is 0 Å². The van der Waals surface area contributed by atoms with Gasteiger partial charge in [0.25, 0.3) is 0 Å². The predicted octanol–water partition coefficient (Wildman–Crippen LogP) is 2.01. The second-order valence-electron chi connectivity index (χ2n) is 4.50. The lowest BCUT2D eigenvalue weighted by Crippen LogP contribution is -2.38. The van der Waals surface area contributed by atoms with Gasteiger partial charge in [0, 0.05) is 37.3 Å². The summed E-state index contributed by atoms with van der Waals surface area (Å²) in [7, 11) is 1.77. The molecule has 2 heterocycles. The quantitative estimate of drug-likeness (QED) is 0.633. The van der Waals surface area contributed by atoms with Gasteiger partial charge in [-0.3, -0.25) is 9.98 Å². The molecule has 2 rings (SSSR count). The van der Waals surface area contributed by atoms with Gasteiger partial charge in [0.1, 0.15) is 0 Å². The van der Waals surface area contributed by atoms with Crippen LogP contribution in [0.25, 0.3) is 0 Å². The number of hydrogen-bond donors (Lipinski definition) is 2. The Morgan fingerprint density at radius 2 is 2.19 bits per heavy atom. The van der Waals surface area contributed by atoms with Crippen LogP contribution in [0.1, 0.15) is 22.5 Å². The summed E-state index contributed by atoms with van der Waals surface area (Å²) >= 11 is 1.78. The Bertz CT molecular complexity index is 564. The van der Waals surface area contributed by atoms with Crippen molar-refractivity contribution < 1.29 is 0 Å². The Morgan fingerprint density at radius 3 is 2.86 bits per heavy atom. The zero-order chi connectivity index (χ0) is 14.9. The van der Waals surface area contributed by atoms with Crippen molar-refractivity contribution in [1.82, 2.24) is 20.6 Å². The van der Waals surface area contributed by atoms with Crippen molar-refractivity contribution in [3.8, 4) is 0 Å². The van der Waals surface area contributed by atoms with E-state index >= 15 is 0 Å². The zero-order valence-electron chi connectivity index (χ0n) is 12.5. The molecule has 0 spiro atoms. The highest BCUT2D eigenvalue weighted by Gasteiger charge is 2.02. The van der Waals surface area contributed by atoms with E-state index in [1.807, 2.05) is 24.4 Å². The molecule has 5 nitrogen and oxygen atoms in total. The zero-order valence-corrected chi connectivity index (χ0v) is 13.3. The number of nitrogens with one attached hydrogen (secondary N) is 2. The summed E-state index contributed by atoms with van der Waals surface area (Å²) in [5.41, 5.74) is 0.993. The first kappa shape index (κ1) is 15.4. The Labute approximate surface area is 129 Å². The van der Waals surface area contributed by atoms with Crippen LogP contribution in [0, 0.1) is 0 Å². The highest BCUT2D eigenvalue weighted by molar-refractivity contribution is 7.11. The number of aliphatic imine (C=N–C) groups is 1. The molecule has 0 aliphatic heterocycles. The standard InChI is InChI=1S/C15H21N5S/c1-3-13-11-19-14(21-13)7-9-18-15(16-2)20-10-12-6-4-5-8-17-12/h4-6,8,11H,3,7,9-10H2,1-2H3,(H2,16,18,20). The fraction of sp³-hybridized carbons (Fsp3) is 0.400. The van der Waals surface area contributed by atoms with Crippen LogP contribution in [0.15, 0.2) is 35.6 Å². The van der Waals surface area contributed by atoms with Crippen molar-refractivity contribution >= 4 is 17.3 Å². The lowest BCUT2D eigenvalue weighted by molar-refractivity contribution is 0.781. The highest BCUT2D eigenvalue weighted by atomic mass is 32.1. The Kier molecular flexibility index (Phi) is 6.15. The molecule has 2 N–H and O–H groups in total. The minimum Gasteiger partial charge on any atom is -0.356 e. The third-order valence-electron chi connectivity index (χ3n) is 2.97. The van der Waals surface area contributed by atoms with E-state index in [1.54, 1.807) is 24.6 Å². The van der Waals surface area contributed by atoms with Gasteiger partial charge >= 0.3 is 0 Å². The molecule has 2 aromatic heterocycles. The van der Waals surface area contributed by atoms with E-state index in [1.165, 1.54) is 9.88 Å². The van der Waals surface area contributed by atoms with Crippen LogP contribution < -0.4 is 10.6 Å². The molecule has 0 amide bonds. The highest BCUT2D eigenvalue weighted by Crippen LogP contribution is 2.13. The van der Waals surface area contributed by atoms with Crippen molar-refractivity contribution in [2.45, 2.75) is 26.3 Å². The van der Waals surface area contributed by atoms with Gasteiger partial charge in [0.15, 0.2) is 5.96 Å². The summed E-state index contributed by atoms with van der Waals surface area (Å²) in [4.78, 5) is 14.2. The molecular formula is C15H21N5S. The van der Waals surface area contributed by atoms with Crippen LogP contribution in [-0.4, -0.2) is 29.5 Å². The van der Waals surface area contributed by atoms with E-state index in [9.17, 15) is 0 Å². The lowest BCUT2D eigenvalue weighted by Gasteiger charge is -2.10. The fourth-order valence-corrected chi connectivity index (χ4v) is 2.67. The summed E-state index contributed by atoms with van der Waals surface area (Å²) < 4.78 is 0. The molecule has 6 heteroatoms.